The smallest absolute Gasteiger partial charge is 0.262 e. The van der Waals surface area contributed by atoms with E-state index in [0.29, 0.717) is 22.8 Å². The Morgan fingerprint density at radius 3 is 2.43 bits per heavy atom. The molecule has 124 valence electrons. The summed E-state index contributed by atoms with van der Waals surface area (Å²) < 4.78 is 32.6. The minimum absolute atomic E-state index is 0.211. The van der Waals surface area contributed by atoms with Gasteiger partial charge in [0.25, 0.3) is 10.0 Å². The van der Waals surface area contributed by atoms with Crippen LogP contribution in [0.3, 0.4) is 0 Å². The summed E-state index contributed by atoms with van der Waals surface area (Å²) in [7, 11) is -2.13. The molecule has 0 saturated heterocycles. The standard InChI is InChI=1S/C16H21N3O3S/c1-11(2)18-16-8-5-13(10-17-16)19-23(20,21)15-7-6-14(22-4)9-12(15)3/h5-11,19H,1-4H3,(H,17,18). The van der Waals surface area contributed by atoms with E-state index >= 15 is 0 Å². The summed E-state index contributed by atoms with van der Waals surface area (Å²) in [6, 6.07) is 8.50. The molecular formula is C16H21N3O3S. The van der Waals surface area contributed by atoms with Crippen LogP contribution in [0, 0.1) is 6.92 Å². The van der Waals surface area contributed by atoms with E-state index in [1.807, 2.05) is 13.8 Å². The molecule has 0 spiro atoms. The molecule has 0 amide bonds. The highest BCUT2D eigenvalue weighted by molar-refractivity contribution is 7.92. The van der Waals surface area contributed by atoms with Crippen molar-refractivity contribution < 1.29 is 13.2 Å². The zero-order valence-electron chi connectivity index (χ0n) is 13.6. The molecule has 2 aromatic rings. The lowest BCUT2D eigenvalue weighted by Crippen LogP contribution is -2.15. The van der Waals surface area contributed by atoms with Crippen molar-refractivity contribution in [3.05, 3.63) is 42.1 Å². The minimum Gasteiger partial charge on any atom is -0.497 e. The molecule has 23 heavy (non-hydrogen) atoms. The van der Waals surface area contributed by atoms with Crippen LogP contribution in [0.2, 0.25) is 0 Å². The Labute approximate surface area is 137 Å². The lowest BCUT2D eigenvalue weighted by atomic mass is 10.2. The number of methoxy groups -OCH3 is 1. The van der Waals surface area contributed by atoms with Crippen LogP contribution in [0.4, 0.5) is 11.5 Å². The molecule has 7 heteroatoms. The lowest BCUT2D eigenvalue weighted by molar-refractivity contribution is 0.414. The Bertz CT molecular complexity index is 772. The fourth-order valence-electron chi connectivity index (χ4n) is 2.10. The van der Waals surface area contributed by atoms with Crippen LogP contribution in [0.1, 0.15) is 19.4 Å². The van der Waals surface area contributed by atoms with Crippen molar-refractivity contribution in [2.75, 3.05) is 17.1 Å². The van der Waals surface area contributed by atoms with Crippen molar-refractivity contribution in [1.29, 1.82) is 0 Å². The number of benzene rings is 1. The number of rotatable bonds is 6. The Balaban J connectivity index is 2.21. The van der Waals surface area contributed by atoms with Gasteiger partial charge in [-0.15, -0.1) is 0 Å². The molecule has 0 aliphatic carbocycles. The largest absolute Gasteiger partial charge is 0.497 e. The summed E-state index contributed by atoms with van der Waals surface area (Å²) in [4.78, 5) is 4.40. The summed E-state index contributed by atoms with van der Waals surface area (Å²) in [5.41, 5.74) is 1.03. The first kappa shape index (κ1) is 17.1. The molecule has 1 heterocycles. The van der Waals surface area contributed by atoms with Gasteiger partial charge >= 0.3 is 0 Å². The molecule has 1 aromatic carbocycles. The number of ether oxygens (including phenoxy) is 1. The van der Waals surface area contributed by atoms with Gasteiger partial charge in [0, 0.05) is 6.04 Å². The number of sulfonamides is 1. The van der Waals surface area contributed by atoms with Gasteiger partial charge in [0.05, 0.1) is 23.9 Å². The molecule has 0 fully saturated rings. The Morgan fingerprint density at radius 1 is 1.17 bits per heavy atom. The second-order valence-corrected chi connectivity index (χ2v) is 7.12. The molecule has 0 unspecified atom stereocenters. The van der Waals surface area contributed by atoms with Crippen LogP contribution in [0.15, 0.2) is 41.4 Å². The number of anilines is 2. The molecule has 0 radical (unpaired) electrons. The highest BCUT2D eigenvalue weighted by Gasteiger charge is 2.17. The number of aryl methyl sites for hydroxylation is 1. The Kier molecular flexibility index (Phi) is 5.10. The van der Waals surface area contributed by atoms with Gasteiger partial charge in [-0.3, -0.25) is 4.72 Å². The predicted octanol–water partition coefficient (Wildman–Crippen LogP) is 3.02. The predicted molar refractivity (Wildman–Crippen MR) is 91.5 cm³/mol. The SMILES string of the molecule is COc1ccc(S(=O)(=O)Nc2ccc(NC(C)C)nc2)c(C)c1. The zero-order chi connectivity index (χ0) is 17.0. The van der Waals surface area contributed by atoms with Gasteiger partial charge in [-0.05, 0) is 56.7 Å². The highest BCUT2D eigenvalue weighted by atomic mass is 32.2. The molecule has 6 nitrogen and oxygen atoms in total. The molecule has 0 bridgehead atoms. The second-order valence-electron chi connectivity index (χ2n) is 5.47. The normalized spacial score (nSPS) is 11.3. The maximum absolute atomic E-state index is 12.5. The van der Waals surface area contributed by atoms with E-state index in [1.54, 1.807) is 38.3 Å². The molecular weight excluding hydrogens is 314 g/mol. The van der Waals surface area contributed by atoms with Crippen LogP contribution in [-0.2, 0) is 10.0 Å². The summed E-state index contributed by atoms with van der Waals surface area (Å²) in [5.74, 6) is 1.32. The summed E-state index contributed by atoms with van der Waals surface area (Å²) in [5, 5.41) is 3.15. The van der Waals surface area contributed by atoms with Crippen LogP contribution in [0.25, 0.3) is 0 Å². The second kappa shape index (κ2) is 6.87. The van der Waals surface area contributed by atoms with E-state index in [0.717, 1.165) is 0 Å². The van der Waals surface area contributed by atoms with Crippen molar-refractivity contribution >= 4 is 21.5 Å². The van der Waals surface area contributed by atoms with E-state index < -0.39 is 10.0 Å². The van der Waals surface area contributed by atoms with Crippen LogP contribution >= 0.6 is 0 Å². The summed E-state index contributed by atoms with van der Waals surface area (Å²) in [6.07, 6.45) is 1.49. The van der Waals surface area contributed by atoms with Crippen molar-refractivity contribution in [2.45, 2.75) is 31.7 Å². The number of nitrogens with zero attached hydrogens (tertiary/aromatic N) is 1. The molecule has 1 aromatic heterocycles. The average Bonchev–Trinajstić information content (AvgIpc) is 2.48. The first-order valence-electron chi connectivity index (χ1n) is 7.22. The van der Waals surface area contributed by atoms with Crippen LogP contribution in [-0.4, -0.2) is 26.6 Å². The Morgan fingerprint density at radius 2 is 1.91 bits per heavy atom. The van der Waals surface area contributed by atoms with Crippen LogP contribution in [0.5, 0.6) is 5.75 Å². The van der Waals surface area contributed by atoms with E-state index in [-0.39, 0.29) is 10.9 Å². The van der Waals surface area contributed by atoms with Crippen molar-refractivity contribution in [2.24, 2.45) is 0 Å². The summed E-state index contributed by atoms with van der Waals surface area (Å²) in [6.45, 7) is 5.74. The van der Waals surface area contributed by atoms with Gasteiger partial charge in [0.2, 0.25) is 0 Å². The number of hydrogen-bond donors (Lipinski definition) is 2. The zero-order valence-corrected chi connectivity index (χ0v) is 14.4. The third kappa shape index (κ3) is 4.35. The average molecular weight is 335 g/mol. The fraction of sp³-hybridized carbons (Fsp3) is 0.312. The maximum Gasteiger partial charge on any atom is 0.262 e. The van der Waals surface area contributed by atoms with Gasteiger partial charge in [-0.2, -0.15) is 0 Å². The third-order valence-corrected chi connectivity index (χ3v) is 4.67. The quantitative estimate of drug-likeness (QED) is 0.848. The van der Waals surface area contributed by atoms with Crippen molar-refractivity contribution in [3.63, 3.8) is 0 Å². The topological polar surface area (TPSA) is 80.3 Å². The van der Waals surface area contributed by atoms with Crippen molar-refractivity contribution in [3.8, 4) is 5.75 Å². The number of hydrogen-bond acceptors (Lipinski definition) is 5. The molecule has 0 atom stereocenters. The number of aromatic nitrogens is 1. The highest BCUT2D eigenvalue weighted by Crippen LogP contribution is 2.23. The Hall–Kier alpha value is -2.28. The minimum atomic E-state index is -3.67. The van der Waals surface area contributed by atoms with E-state index in [1.165, 1.54) is 12.3 Å². The van der Waals surface area contributed by atoms with E-state index in [9.17, 15) is 8.42 Å². The van der Waals surface area contributed by atoms with Gasteiger partial charge < -0.3 is 10.1 Å². The first-order valence-corrected chi connectivity index (χ1v) is 8.70. The molecule has 0 saturated carbocycles. The van der Waals surface area contributed by atoms with Crippen LogP contribution < -0.4 is 14.8 Å². The molecule has 0 aliphatic heterocycles. The molecule has 2 rings (SSSR count). The van der Waals surface area contributed by atoms with Crippen molar-refractivity contribution in [1.82, 2.24) is 4.98 Å². The molecule has 0 aliphatic rings. The number of nitrogens with one attached hydrogen (secondary N) is 2. The third-order valence-electron chi connectivity index (χ3n) is 3.12. The molecule has 2 N–H and O–H groups in total. The maximum atomic E-state index is 12.5. The van der Waals surface area contributed by atoms with Gasteiger partial charge in [-0.1, -0.05) is 0 Å². The number of pyridine rings is 1. The van der Waals surface area contributed by atoms with E-state index in [4.69, 9.17) is 4.74 Å². The monoisotopic (exact) mass is 335 g/mol. The fourth-order valence-corrected chi connectivity index (χ4v) is 3.37. The lowest BCUT2D eigenvalue weighted by Gasteiger charge is -2.12. The van der Waals surface area contributed by atoms with Gasteiger partial charge in [-0.25, -0.2) is 13.4 Å². The van der Waals surface area contributed by atoms with Gasteiger partial charge in [0.1, 0.15) is 11.6 Å². The first-order chi connectivity index (χ1) is 10.8. The van der Waals surface area contributed by atoms with E-state index in [2.05, 4.69) is 15.0 Å². The van der Waals surface area contributed by atoms with Gasteiger partial charge in [0.15, 0.2) is 0 Å². The summed E-state index contributed by atoms with van der Waals surface area (Å²) >= 11 is 0.